The minimum atomic E-state index is -0.418. The number of nitrogens with zero attached hydrogens (tertiary/aromatic N) is 1. The van der Waals surface area contributed by atoms with Crippen molar-refractivity contribution in [1.82, 2.24) is 0 Å². The molecule has 13 heavy (non-hydrogen) atoms. The van der Waals surface area contributed by atoms with Crippen molar-refractivity contribution in [2.45, 2.75) is 13.3 Å². The first-order valence-electron chi connectivity index (χ1n) is 3.89. The predicted octanol–water partition coefficient (Wildman–Crippen LogP) is 2.21. The van der Waals surface area contributed by atoms with Gasteiger partial charge in [-0.05, 0) is 18.6 Å². The lowest BCUT2D eigenvalue weighted by Gasteiger charge is -2.09. The summed E-state index contributed by atoms with van der Waals surface area (Å²) in [4.78, 5) is 0. The first-order chi connectivity index (χ1) is 6.20. The van der Waals surface area contributed by atoms with Crippen molar-refractivity contribution < 1.29 is 9.13 Å². The number of methoxy groups -OCH3 is 1. The minimum Gasteiger partial charge on any atom is -0.493 e. The lowest BCUT2D eigenvalue weighted by Crippen LogP contribution is -1.97. The SMILES string of the molecule is COc1c(F)ccc(C)c1CC#N. The average molecular weight is 179 g/mol. The molecule has 0 amide bonds. The molecule has 3 heteroatoms. The Kier molecular flexibility index (Phi) is 2.86. The summed E-state index contributed by atoms with van der Waals surface area (Å²) >= 11 is 0. The molecule has 0 saturated carbocycles. The van der Waals surface area contributed by atoms with E-state index < -0.39 is 5.82 Å². The summed E-state index contributed by atoms with van der Waals surface area (Å²) < 4.78 is 18.0. The second-order valence-electron chi connectivity index (χ2n) is 2.71. The molecule has 0 aliphatic heterocycles. The van der Waals surface area contributed by atoms with Gasteiger partial charge in [-0.15, -0.1) is 0 Å². The summed E-state index contributed by atoms with van der Waals surface area (Å²) in [6.45, 7) is 1.83. The van der Waals surface area contributed by atoms with Crippen molar-refractivity contribution in [1.29, 1.82) is 5.26 Å². The number of nitriles is 1. The summed E-state index contributed by atoms with van der Waals surface area (Å²) in [5, 5.41) is 8.53. The molecule has 0 bridgehead atoms. The van der Waals surface area contributed by atoms with Crippen LogP contribution in [0.15, 0.2) is 12.1 Å². The minimum absolute atomic E-state index is 0.173. The fourth-order valence-corrected chi connectivity index (χ4v) is 1.22. The van der Waals surface area contributed by atoms with Gasteiger partial charge in [0, 0.05) is 5.56 Å². The second-order valence-corrected chi connectivity index (χ2v) is 2.71. The van der Waals surface area contributed by atoms with Gasteiger partial charge < -0.3 is 4.74 Å². The van der Waals surface area contributed by atoms with Crippen LogP contribution in [0.5, 0.6) is 5.75 Å². The Balaban J connectivity index is 3.27. The summed E-state index contributed by atoms with van der Waals surface area (Å²) in [5.74, 6) is -0.236. The highest BCUT2D eigenvalue weighted by Gasteiger charge is 2.10. The lowest BCUT2D eigenvalue weighted by atomic mass is 10.0. The Hall–Kier alpha value is -1.56. The molecule has 68 valence electrons. The quantitative estimate of drug-likeness (QED) is 0.697. The molecule has 0 radical (unpaired) electrons. The maximum atomic E-state index is 13.1. The molecule has 1 aromatic carbocycles. The summed E-state index contributed by atoms with van der Waals surface area (Å²) in [6, 6.07) is 4.97. The van der Waals surface area contributed by atoms with E-state index in [1.807, 2.05) is 13.0 Å². The molecule has 0 aliphatic carbocycles. The second kappa shape index (κ2) is 3.90. The molecule has 0 aromatic heterocycles. The van der Waals surface area contributed by atoms with E-state index in [9.17, 15) is 4.39 Å². The Labute approximate surface area is 76.6 Å². The van der Waals surface area contributed by atoms with Crippen LogP contribution in [-0.2, 0) is 6.42 Å². The van der Waals surface area contributed by atoms with Gasteiger partial charge >= 0.3 is 0 Å². The van der Waals surface area contributed by atoms with Gasteiger partial charge in [-0.1, -0.05) is 6.07 Å². The topological polar surface area (TPSA) is 33.0 Å². The van der Waals surface area contributed by atoms with Crippen LogP contribution in [0.1, 0.15) is 11.1 Å². The monoisotopic (exact) mass is 179 g/mol. The molecule has 0 unspecified atom stereocenters. The number of rotatable bonds is 2. The average Bonchev–Trinajstić information content (AvgIpc) is 2.12. The molecule has 2 nitrogen and oxygen atoms in total. The van der Waals surface area contributed by atoms with Gasteiger partial charge in [0.25, 0.3) is 0 Å². The number of hydrogen-bond acceptors (Lipinski definition) is 2. The predicted molar refractivity (Wildman–Crippen MR) is 47.0 cm³/mol. The molecule has 1 aromatic rings. The molecule has 1 rings (SSSR count). The fourth-order valence-electron chi connectivity index (χ4n) is 1.22. The third-order valence-electron chi connectivity index (χ3n) is 1.91. The van der Waals surface area contributed by atoms with Crippen LogP contribution < -0.4 is 4.74 Å². The molecule has 0 fully saturated rings. The highest BCUT2D eigenvalue weighted by molar-refractivity contribution is 5.42. The first-order valence-corrected chi connectivity index (χ1v) is 3.89. The van der Waals surface area contributed by atoms with E-state index in [1.54, 1.807) is 6.07 Å². The normalized spacial score (nSPS) is 9.38. The van der Waals surface area contributed by atoms with Crippen LogP contribution in [0.3, 0.4) is 0 Å². The van der Waals surface area contributed by atoms with Gasteiger partial charge in [0.15, 0.2) is 11.6 Å². The summed E-state index contributed by atoms with van der Waals surface area (Å²) in [6.07, 6.45) is 0.173. The lowest BCUT2D eigenvalue weighted by molar-refractivity contribution is 0.382. The molecule has 0 spiro atoms. The maximum Gasteiger partial charge on any atom is 0.165 e. The Morgan fingerprint density at radius 3 is 2.77 bits per heavy atom. The number of benzene rings is 1. The molecule has 0 atom stereocenters. The van der Waals surface area contributed by atoms with E-state index in [1.165, 1.54) is 13.2 Å². The summed E-state index contributed by atoms with van der Waals surface area (Å²) in [5.41, 5.74) is 1.50. The zero-order chi connectivity index (χ0) is 9.84. The van der Waals surface area contributed by atoms with Crippen molar-refractivity contribution in [3.05, 3.63) is 29.1 Å². The van der Waals surface area contributed by atoms with Crippen LogP contribution in [0.4, 0.5) is 4.39 Å². The zero-order valence-electron chi connectivity index (χ0n) is 7.60. The van der Waals surface area contributed by atoms with Crippen LogP contribution in [0.2, 0.25) is 0 Å². The van der Waals surface area contributed by atoms with Gasteiger partial charge in [-0.25, -0.2) is 4.39 Å². The number of hydrogen-bond donors (Lipinski definition) is 0. The standard InChI is InChI=1S/C10H10FNO/c1-7-3-4-9(11)10(13-2)8(7)5-6-12/h3-4H,5H2,1-2H3. The molecule has 0 aliphatic rings. The van der Waals surface area contributed by atoms with Gasteiger partial charge in [0.1, 0.15) is 0 Å². The van der Waals surface area contributed by atoms with Crippen molar-refractivity contribution in [3.8, 4) is 11.8 Å². The Bertz CT molecular complexity index is 355. The van der Waals surface area contributed by atoms with Crippen molar-refractivity contribution in [2.24, 2.45) is 0 Å². The highest BCUT2D eigenvalue weighted by Crippen LogP contribution is 2.25. The van der Waals surface area contributed by atoms with Gasteiger partial charge in [0.2, 0.25) is 0 Å². The molecule has 0 saturated heterocycles. The van der Waals surface area contributed by atoms with E-state index in [2.05, 4.69) is 0 Å². The van der Waals surface area contributed by atoms with E-state index in [-0.39, 0.29) is 12.2 Å². The van der Waals surface area contributed by atoms with Gasteiger partial charge in [0.05, 0.1) is 19.6 Å². The van der Waals surface area contributed by atoms with Crippen LogP contribution >= 0.6 is 0 Å². The summed E-state index contributed by atoms with van der Waals surface area (Å²) in [7, 11) is 1.40. The van der Waals surface area contributed by atoms with Crippen LogP contribution in [0.25, 0.3) is 0 Å². The Morgan fingerprint density at radius 2 is 2.23 bits per heavy atom. The van der Waals surface area contributed by atoms with E-state index in [0.29, 0.717) is 5.56 Å². The number of aryl methyl sites for hydroxylation is 1. The van der Waals surface area contributed by atoms with Crippen molar-refractivity contribution in [2.75, 3.05) is 7.11 Å². The largest absolute Gasteiger partial charge is 0.493 e. The van der Waals surface area contributed by atoms with Crippen LogP contribution in [-0.4, -0.2) is 7.11 Å². The molecular formula is C10H10FNO. The van der Waals surface area contributed by atoms with Crippen LogP contribution in [0, 0.1) is 24.1 Å². The van der Waals surface area contributed by atoms with Crippen molar-refractivity contribution >= 4 is 0 Å². The van der Waals surface area contributed by atoms with E-state index >= 15 is 0 Å². The molecular weight excluding hydrogens is 169 g/mol. The zero-order valence-corrected chi connectivity index (χ0v) is 7.60. The highest BCUT2D eigenvalue weighted by atomic mass is 19.1. The maximum absolute atomic E-state index is 13.1. The number of ether oxygens (including phenoxy) is 1. The van der Waals surface area contributed by atoms with Crippen molar-refractivity contribution in [3.63, 3.8) is 0 Å². The first kappa shape index (κ1) is 9.53. The van der Waals surface area contributed by atoms with Gasteiger partial charge in [-0.2, -0.15) is 5.26 Å². The van der Waals surface area contributed by atoms with E-state index in [0.717, 1.165) is 5.56 Å². The number of halogens is 1. The molecule has 0 N–H and O–H groups in total. The van der Waals surface area contributed by atoms with E-state index in [4.69, 9.17) is 10.00 Å². The third kappa shape index (κ3) is 1.78. The fraction of sp³-hybridized carbons (Fsp3) is 0.300. The smallest absolute Gasteiger partial charge is 0.165 e. The third-order valence-corrected chi connectivity index (χ3v) is 1.91. The van der Waals surface area contributed by atoms with Gasteiger partial charge in [-0.3, -0.25) is 0 Å². The Morgan fingerprint density at radius 1 is 1.54 bits per heavy atom. The molecule has 0 heterocycles.